The second kappa shape index (κ2) is 5.95. The minimum atomic E-state index is -0.335. The van der Waals surface area contributed by atoms with Crippen LogP contribution in [0.25, 0.3) is 21.8 Å². The van der Waals surface area contributed by atoms with Gasteiger partial charge in [0.25, 0.3) is 0 Å². The van der Waals surface area contributed by atoms with E-state index >= 15 is 0 Å². The number of thiazole rings is 1. The molecule has 21 heavy (non-hydrogen) atoms. The van der Waals surface area contributed by atoms with Crippen LogP contribution in [0.4, 0.5) is 4.39 Å². The summed E-state index contributed by atoms with van der Waals surface area (Å²) in [6.07, 6.45) is 0. The van der Waals surface area contributed by atoms with Crippen molar-refractivity contribution in [3.05, 3.63) is 58.1 Å². The molecule has 0 aliphatic heterocycles. The molecule has 106 valence electrons. The zero-order chi connectivity index (χ0) is 14.8. The summed E-state index contributed by atoms with van der Waals surface area (Å²) in [4.78, 5) is 4.55. The van der Waals surface area contributed by atoms with E-state index in [1.54, 1.807) is 12.1 Å². The standard InChI is InChI=1S/C16H11BrFNOS/c1-20-14-8-4-7-12(18)15(14)13-9-21-16(19-13)10-5-2-3-6-11(10)17/h2-9H,1H3. The molecule has 2 aromatic carbocycles. The van der Waals surface area contributed by atoms with Crippen molar-refractivity contribution in [2.24, 2.45) is 0 Å². The molecule has 0 saturated carbocycles. The van der Waals surface area contributed by atoms with Gasteiger partial charge >= 0.3 is 0 Å². The van der Waals surface area contributed by atoms with Gasteiger partial charge in [-0.1, -0.05) is 40.2 Å². The van der Waals surface area contributed by atoms with E-state index in [1.165, 1.54) is 24.5 Å². The quantitative estimate of drug-likeness (QED) is 0.622. The second-order valence-electron chi connectivity index (χ2n) is 4.33. The number of nitrogens with zero attached hydrogens (tertiary/aromatic N) is 1. The van der Waals surface area contributed by atoms with Gasteiger partial charge in [0, 0.05) is 15.4 Å². The minimum absolute atomic E-state index is 0.335. The molecular weight excluding hydrogens is 353 g/mol. The summed E-state index contributed by atoms with van der Waals surface area (Å²) in [6.45, 7) is 0. The predicted molar refractivity (Wildman–Crippen MR) is 87.2 cm³/mol. The highest BCUT2D eigenvalue weighted by molar-refractivity contribution is 9.10. The van der Waals surface area contributed by atoms with Crippen LogP contribution in [0.5, 0.6) is 5.75 Å². The molecule has 0 aliphatic carbocycles. The summed E-state index contributed by atoms with van der Waals surface area (Å²) >= 11 is 4.99. The molecule has 0 amide bonds. The van der Waals surface area contributed by atoms with Crippen LogP contribution in [-0.2, 0) is 0 Å². The number of benzene rings is 2. The minimum Gasteiger partial charge on any atom is -0.496 e. The van der Waals surface area contributed by atoms with Crippen LogP contribution in [-0.4, -0.2) is 12.1 Å². The zero-order valence-electron chi connectivity index (χ0n) is 11.1. The van der Waals surface area contributed by atoms with Crippen molar-refractivity contribution in [3.63, 3.8) is 0 Å². The third kappa shape index (κ3) is 2.71. The van der Waals surface area contributed by atoms with E-state index < -0.39 is 0 Å². The third-order valence-electron chi connectivity index (χ3n) is 3.06. The van der Waals surface area contributed by atoms with Gasteiger partial charge in [0.15, 0.2) is 0 Å². The molecule has 0 N–H and O–H groups in total. The summed E-state index contributed by atoms with van der Waals surface area (Å²) in [5.41, 5.74) is 1.97. The average molecular weight is 364 g/mol. The SMILES string of the molecule is COc1cccc(F)c1-c1csc(-c2ccccc2Br)n1. The Bertz CT molecular complexity index is 787. The monoisotopic (exact) mass is 363 g/mol. The Morgan fingerprint density at radius 2 is 1.95 bits per heavy atom. The number of ether oxygens (including phenoxy) is 1. The second-order valence-corrected chi connectivity index (χ2v) is 6.05. The molecule has 0 unspecified atom stereocenters. The van der Waals surface area contributed by atoms with Crippen LogP contribution in [0.2, 0.25) is 0 Å². The van der Waals surface area contributed by atoms with Crippen LogP contribution in [0.1, 0.15) is 0 Å². The lowest BCUT2D eigenvalue weighted by molar-refractivity contribution is 0.413. The predicted octanol–water partition coefficient (Wildman–Crippen LogP) is 5.39. The average Bonchev–Trinajstić information content (AvgIpc) is 2.96. The maximum atomic E-state index is 14.1. The van der Waals surface area contributed by atoms with Crippen LogP contribution in [0.15, 0.2) is 52.3 Å². The number of aromatic nitrogens is 1. The molecule has 1 aromatic heterocycles. The van der Waals surface area contributed by atoms with Gasteiger partial charge in [-0.15, -0.1) is 11.3 Å². The summed E-state index contributed by atoms with van der Waals surface area (Å²) in [6, 6.07) is 12.6. The van der Waals surface area contributed by atoms with Gasteiger partial charge in [0.05, 0.1) is 18.4 Å². The fraction of sp³-hybridized carbons (Fsp3) is 0.0625. The van der Waals surface area contributed by atoms with Gasteiger partial charge in [-0.05, 0) is 18.2 Å². The third-order valence-corrected chi connectivity index (χ3v) is 4.63. The number of hydrogen-bond acceptors (Lipinski definition) is 3. The van der Waals surface area contributed by atoms with Crippen LogP contribution in [0, 0.1) is 5.82 Å². The molecule has 3 rings (SSSR count). The van der Waals surface area contributed by atoms with Gasteiger partial charge in [-0.3, -0.25) is 0 Å². The Kier molecular flexibility index (Phi) is 4.03. The molecule has 1 heterocycles. The maximum absolute atomic E-state index is 14.1. The zero-order valence-corrected chi connectivity index (χ0v) is 13.5. The fourth-order valence-electron chi connectivity index (χ4n) is 2.07. The largest absolute Gasteiger partial charge is 0.496 e. The summed E-state index contributed by atoms with van der Waals surface area (Å²) in [5.74, 6) is 0.150. The first-order valence-electron chi connectivity index (χ1n) is 6.24. The van der Waals surface area contributed by atoms with Crippen molar-refractivity contribution in [2.75, 3.05) is 7.11 Å². The fourth-order valence-corrected chi connectivity index (χ4v) is 3.52. The van der Waals surface area contributed by atoms with Crippen LogP contribution in [0.3, 0.4) is 0 Å². The van der Waals surface area contributed by atoms with Gasteiger partial charge in [0.1, 0.15) is 16.6 Å². The van der Waals surface area contributed by atoms with E-state index in [1.807, 2.05) is 29.6 Å². The number of methoxy groups -OCH3 is 1. The van der Waals surface area contributed by atoms with Crippen LogP contribution < -0.4 is 4.74 Å². The molecule has 3 aromatic rings. The lowest BCUT2D eigenvalue weighted by Gasteiger charge is -2.06. The lowest BCUT2D eigenvalue weighted by Crippen LogP contribution is -1.91. The van der Waals surface area contributed by atoms with Crippen molar-refractivity contribution >= 4 is 27.3 Å². The highest BCUT2D eigenvalue weighted by Crippen LogP contribution is 2.37. The smallest absolute Gasteiger partial charge is 0.136 e. The van der Waals surface area contributed by atoms with E-state index in [-0.39, 0.29) is 5.82 Å². The molecule has 0 fully saturated rings. The molecule has 2 nitrogen and oxygen atoms in total. The number of halogens is 2. The maximum Gasteiger partial charge on any atom is 0.136 e. The van der Waals surface area contributed by atoms with Gasteiger partial charge in [0.2, 0.25) is 0 Å². The first-order valence-corrected chi connectivity index (χ1v) is 7.91. The van der Waals surface area contributed by atoms with Crippen molar-refractivity contribution in [3.8, 4) is 27.6 Å². The van der Waals surface area contributed by atoms with Crippen LogP contribution >= 0.6 is 27.3 Å². The van der Waals surface area contributed by atoms with Gasteiger partial charge in [-0.2, -0.15) is 0 Å². The molecule has 0 spiro atoms. The molecule has 5 heteroatoms. The first-order chi connectivity index (χ1) is 10.2. The first kappa shape index (κ1) is 14.2. The van der Waals surface area contributed by atoms with E-state index in [2.05, 4.69) is 20.9 Å². The van der Waals surface area contributed by atoms with Gasteiger partial charge in [-0.25, -0.2) is 9.37 Å². The molecule has 0 bridgehead atoms. The van der Waals surface area contributed by atoms with E-state index in [0.29, 0.717) is 17.0 Å². The Balaban J connectivity index is 2.10. The molecule has 0 saturated heterocycles. The van der Waals surface area contributed by atoms with Crippen molar-refractivity contribution in [1.82, 2.24) is 4.98 Å². The Labute approximate surface area is 134 Å². The Morgan fingerprint density at radius 1 is 1.14 bits per heavy atom. The topological polar surface area (TPSA) is 22.1 Å². The number of rotatable bonds is 3. The highest BCUT2D eigenvalue weighted by atomic mass is 79.9. The van der Waals surface area contributed by atoms with Gasteiger partial charge < -0.3 is 4.74 Å². The Morgan fingerprint density at radius 3 is 2.71 bits per heavy atom. The lowest BCUT2D eigenvalue weighted by atomic mass is 10.1. The summed E-state index contributed by atoms with van der Waals surface area (Å²) in [5, 5.41) is 2.68. The summed E-state index contributed by atoms with van der Waals surface area (Å²) < 4.78 is 20.3. The molecular formula is C16H11BrFNOS. The highest BCUT2D eigenvalue weighted by Gasteiger charge is 2.16. The van der Waals surface area contributed by atoms with E-state index in [0.717, 1.165) is 15.0 Å². The van der Waals surface area contributed by atoms with Crippen molar-refractivity contribution < 1.29 is 9.13 Å². The summed E-state index contributed by atoms with van der Waals surface area (Å²) in [7, 11) is 1.53. The van der Waals surface area contributed by atoms with E-state index in [9.17, 15) is 4.39 Å². The van der Waals surface area contributed by atoms with Crippen molar-refractivity contribution in [1.29, 1.82) is 0 Å². The molecule has 0 atom stereocenters. The molecule has 0 aliphatic rings. The number of hydrogen-bond donors (Lipinski definition) is 0. The normalized spacial score (nSPS) is 10.6. The van der Waals surface area contributed by atoms with Crippen molar-refractivity contribution in [2.45, 2.75) is 0 Å². The Hall–Kier alpha value is -1.72. The molecule has 0 radical (unpaired) electrons. The van der Waals surface area contributed by atoms with E-state index in [4.69, 9.17) is 4.74 Å².